The average Bonchev–Trinajstić information content (AvgIpc) is 3.11. The van der Waals surface area contributed by atoms with Gasteiger partial charge in [0.25, 0.3) is 5.56 Å². The first-order chi connectivity index (χ1) is 13.0. The monoisotopic (exact) mass is 365 g/mol. The number of benzene rings is 1. The Morgan fingerprint density at radius 1 is 1.30 bits per heavy atom. The zero-order valence-corrected chi connectivity index (χ0v) is 15.1. The minimum absolute atomic E-state index is 0.0565. The van der Waals surface area contributed by atoms with E-state index >= 15 is 0 Å². The van der Waals surface area contributed by atoms with Crippen LogP contribution in [-0.4, -0.2) is 35.8 Å². The Morgan fingerprint density at radius 2 is 2.04 bits per heavy atom. The Morgan fingerprint density at radius 3 is 2.74 bits per heavy atom. The van der Waals surface area contributed by atoms with E-state index in [0.717, 1.165) is 23.9 Å². The summed E-state index contributed by atoms with van der Waals surface area (Å²) >= 11 is 0. The van der Waals surface area contributed by atoms with E-state index in [2.05, 4.69) is 22.0 Å². The maximum atomic E-state index is 13.3. The zero-order chi connectivity index (χ0) is 18.8. The summed E-state index contributed by atoms with van der Waals surface area (Å²) in [7, 11) is 0. The van der Waals surface area contributed by atoms with Crippen LogP contribution in [0.25, 0.3) is 28.1 Å². The first-order valence-electron chi connectivity index (χ1n) is 8.99. The van der Waals surface area contributed by atoms with Crippen LogP contribution in [0.3, 0.4) is 0 Å². The molecule has 27 heavy (non-hydrogen) atoms. The number of hydrogen-bond acceptors (Lipinski definition) is 6. The summed E-state index contributed by atoms with van der Waals surface area (Å²) in [6, 6.07) is 7.18. The van der Waals surface area contributed by atoms with Crippen molar-refractivity contribution in [3.05, 3.63) is 46.8 Å². The summed E-state index contributed by atoms with van der Waals surface area (Å²) in [4.78, 5) is 22.2. The second-order valence-electron chi connectivity index (χ2n) is 7.49. The van der Waals surface area contributed by atoms with Crippen LogP contribution in [-0.2, 0) is 5.41 Å². The molecular weight excluding hydrogens is 346 g/mol. The molecule has 0 radical (unpaired) electrons. The first kappa shape index (κ1) is 16.2. The molecule has 0 aliphatic heterocycles. The van der Waals surface area contributed by atoms with E-state index in [4.69, 9.17) is 4.52 Å². The number of aliphatic hydroxyl groups excluding tert-OH is 1. The van der Waals surface area contributed by atoms with Gasteiger partial charge in [-0.1, -0.05) is 24.2 Å². The lowest BCUT2D eigenvalue weighted by molar-refractivity contribution is 0.239. The molecule has 0 saturated heterocycles. The molecule has 8 heteroatoms. The Kier molecular flexibility index (Phi) is 3.30. The molecule has 3 aromatic heterocycles. The highest BCUT2D eigenvalue weighted by molar-refractivity contribution is 5.83. The summed E-state index contributed by atoms with van der Waals surface area (Å²) in [6.45, 7) is 3.74. The Balaban J connectivity index is 1.82. The number of fused-ring (bicyclic) bond motifs is 3. The number of para-hydroxylation sites is 2. The molecule has 1 aliphatic carbocycles. The van der Waals surface area contributed by atoms with Gasteiger partial charge in [0.05, 0.1) is 23.7 Å². The first-order valence-corrected chi connectivity index (χ1v) is 8.99. The van der Waals surface area contributed by atoms with E-state index in [1.807, 2.05) is 24.3 Å². The van der Waals surface area contributed by atoms with Crippen molar-refractivity contribution in [1.29, 1.82) is 0 Å². The summed E-state index contributed by atoms with van der Waals surface area (Å²) in [6.07, 6.45) is 3.64. The standard InChI is InChI=1S/C19H19N5O3/c1-11(9-25)24-13-6-4-3-5-12(13)23-10-20-14(15(23)17(24)26)16-21-18(27-22-16)19(2)7-8-19/h3-6,10-11,25H,7-9H2,1-2H3. The molecular formula is C19H19N5O3. The molecule has 5 rings (SSSR count). The van der Waals surface area contributed by atoms with Crippen LogP contribution in [0.5, 0.6) is 0 Å². The molecule has 1 atom stereocenters. The van der Waals surface area contributed by atoms with Crippen LogP contribution in [0.2, 0.25) is 0 Å². The predicted octanol–water partition coefficient (Wildman–Crippen LogP) is 2.30. The Hall–Kier alpha value is -3.00. The molecule has 1 fully saturated rings. The van der Waals surface area contributed by atoms with Crippen LogP contribution in [0.1, 0.15) is 38.6 Å². The fourth-order valence-electron chi connectivity index (χ4n) is 3.48. The van der Waals surface area contributed by atoms with Gasteiger partial charge in [-0.25, -0.2) is 4.98 Å². The van der Waals surface area contributed by atoms with Crippen LogP contribution < -0.4 is 5.56 Å². The van der Waals surface area contributed by atoms with Crippen LogP contribution in [0.15, 0.2) is 39.9 Å². The third-order valence-corrected chi connectivity index (χ3v) is 5.45. The maximum Gasteiger partial charge on any atom is 0.278 e. The topological polar surface area (TPSA) is 98.5 Å². The SMILES string of the molecule is CC(CO)n1c(=O)c2c(-c3noc(C4(C)CC4)n3)ncn2c2ccccc21. The van der Waals surface area contributed by atoms with Gasteiger partial charge in [0, 0.05) is 5.41 Å². The van der Waals surface area contributed by atoms with E-state index in [1.54, 1.807) is 22.2 Å². The lowest BCUT2D eigenvalue weighted by Gasteiger charge is -2.17. The van der Waals surface area contributed by atoms with E-state index in [-0.39, 0.29) is 23.6 Å². The van der Waals surface area contributed by atoms with Gasteiger partial charge < -0.3 is 9.63 Å². The molecule has 4 aromatic rings. The van der Waals surface area contributed by atoms with Crippen LogP contribution in [0.4, 0.5) is 0 Å². The van der Waals surface area contributed by atoms with E-state index < -0.39 is 0 Å². The molecule has 138 valence electrons. The van der Waals surface area contributed by atoms with Gasteiger partial charge in [-0.05, 0) is 31.9 Å². The zero-order valence-electron chi connectivity index (χ0n) is 15.1. The second kappa shape index (κ2) is 5.50. The lowest BCUT2D eigenvalue weighted by atomic mass is 10.1. The maximum absolute atomic E-state index is 13.3. The van der Waals surface area contributed by atoms with Gasteiger partial charge in [-0.15, -0.1) is 0 Å². The number of hydrogen-bond donors (Lipinski definition) is 1. The summed E-state index contributed by atoms with van der Waals surface area (Å²) < 4.78 is 8.78. The van der Waals surface area contributed by atoms with E-state index in [1.165, 1.54) is 0 Å². The van der Waals surface area contributed by atoms with Crippen molar-refractivity contribution in [3.8, 4) is 11.5 Å². The summed E-state index contributed by atoms with van der Waals surface area (Å²) in [5.74, 6) is 0.902. The van der Waals surface area contributed by atoms with Crippen molar-refractivity contribution >= 4 is 16.6 Å². The second-order valence-corrected chi connectivity index (χ2v) is 7.49. The molecule has 1 aliphatic rings. The van der Waals surface area contributed by atoms with Gasteiger partial charge in [-0.2, -0.15) is 4.98 Å². The van der Waals surface area contributed by atoms with Gasteiger partial charge in [0.2, 0.25) is 11.7 Å². The third-order valence-electron chi connectivity index (χ3n) is 5.45. The Bertz CT molecular complexity index is 1230. The van der Waals surface area contributed by atoms with E-state index in [9.17, 15) is 9.90 Å². The normalized spacial score (nSPS) is 16.9. The minimum atomic E-state index is -0.374. The van der Waals surface area contributed by atoms with Gasteiger partial charge in [0.1, 0.15) is 17.5 Å². The fourth-order valence-corrected chi connectivity index (χ4v) is 3.48. The molecule has 0 bridgehead atoms. The molecule has 0 spiro atoms. The van der Waals surface area contributed by atoms with Gasteiger partial charge >= 0.3 is 0 Å². The summed E-state index contributed by atoms with van der Waals surface area (Å²) in [5.41, 5.74) is 2.03. The number of rotatable bonds is 4. The largest absolute Gasteiger partial charge is 0.394 e. The molecule has 1 aromatic carbocycles. The lowest BCUT2D eigenvalue weighted by Crippen LogP contribution is -2.27. The molecule has 1 saturated carbocycles. The number of aromatic nitrogens is 5. The third kappa shape index (κ3) is 2.26. The van der Waals surface area contributed by atoms with E-state index in [0.29, 0.717) is 22.9 Å². The Labute approximate surface area is 154 Å². The molecule has 8 nitrogen and oxygen atoms in total. The molecule has 1 unspecified atom stereocenters. The van der Waals surface area contributed by atoms with Gasteiger partial charge in [-0.3, -0.25) is 13.8 Å². The quantitative estimate of drug-likeness (QED) is 0.596. The average molecular weight is 365 g/mol. The van der Waals surface area contributed by atoms with Crippen molar-refractivity contribution in [3.63, 3.8) is 0 Å². The highest BCUT2D eigenvalue weighted by Gasteiger charge is 2.44. The smallest absolute Gasteiger partial charge is 0.278 e. The van der Waals surface area contributed by atoms with Gasteiger partial charge in [0.15, 0.2) is 0 Å². The van der Waals surface area contributed by atoms with Crippen LogP contribution >= 0.6 is 0 Å². The van der Waals surface area contributed by atoms with Crippen molar-refractivity contribution < 1.29 is 9.63 Å². The van der Waals surface area contributed by atoms with Crippen molar-refractivity contribution in [2.24, 2.45) is 0 Å². The molecule has 3 heterocycles. The van der Waals surface area contributed by atoms with Crippen molar-refractivity contribution in [1.82, 2.24) is 24.1 Å². The van der Waals surface area contributed by atoms with Crippen LogP contribution in [0, 0.1) is 0 Å². The predicted molar refractivity (Wildman–Crippen MR) is 98.6 cm³/mol. The number of imidazole rings is 1. The number of nitrogens with zero attached hydrogens (tertiary/aromatic N) is 5. The highest BCUT2D eigenvalue weighted by Crippen LogP contribution is 2.47. The van der Waals surface area contributed by atoms with Crippen molar-refractivity contribution in [2.75, 3.05) is 6.61 Å². The highest BCUT2D eigenvalue weighted by atomic mass is 16.5. The summed E-state index contributed by atoms with van der Waals surface area (Å²) in [5, 5.41) is 13.7. The molecule has 0 amide bonds. The minimum Gasteiger partial charge on any atom is -0.394 e. The number of aliphatic hydroxyl groups is 1. The fraction of sp³-hybridized carbons (Fsp3) is 0.368. The molecule has 1 N–H and O–H groups in total. The van der Waals surface area contributed by atoms with Crippen molar-refractivity contribution in [2.45, 2.75) is 38.1 Å².